The van der Waals surface area contributed by atoms with Crippen LogP contribution in [0.4, 0.5) is 17.3 Å². The minimum atomic E-state index is 0.576. The number of nitrogens with zero attached hydrogens (tertiary/aromatic N) is 2. The van der Waals surface area contributed by atoms with Gasteiger partial charge in [0.1, 0.15) is 17.5 Å². The molecule has 0 aliphatic heterocycles. The molecule has 19 heavy (non-hydrogen) atoms. The quantitative estimate of drug-likeness (QED) is 0.892. The monoisotopic (exact) mass is 296 g/mol. The van der Waals surface area contributed by atoms with Crippen molar-refractivity contribution in [2.75, 3.05) is 17.7 Å². The maximum absolute atomic E-state index is 5.98. The average molecular weight is 297 g/mol. The van der Waals surface area contributed by atoms with E-state index in [9.17, 15) is 0 Å². The van der Waals surface area contributed by atoms with E-state index < -0.39 is 0 Å². The zero-order valence-corrected chi connectivity index (χ0v) is 12.4. The van der Waals surface area contributed by atoms with Crippen molar-refractivity contribution in [2.45, 2.75) is 13.8 Å². The Labute approximate surface area is 122 Å². The molecule has 1 heterocycles. The first kappa shape index (κ1) is 13.9. The third kappa shape index (κ3) is 3.28. The highest BCUT2D eigenvalue weighted by atomic mass is 35.5. The van der Waals surface area contributed by atoms with Crippen LogP contribution in [0.2, 0.25) is 10.0 Å². The first-order chi connectivity index (χ1) is 8.99. The van der Waals surface area contributed by atoms with Gasteiger partial charge in [0, 0.05) is 28.3 Å². The van der Waals surface area contributed by atoms with Gasteiger partial charge < -0.3 is 10.6 Å². The van der Waals surface area contributed by atoms with Crippen LogP contribution < -0.4 is 10.6 Å². The predicted octanol–water partition coefficient (Wildman–Crippen LogP) is 4.19. The summed E-state index contributed by atoms with van der Waals surface area (Å²) in [4.78, 5) is 8.70. The molecule has 0 saturated carbocycles. The summed E-state index contributed by atoms with van der Waals surface area (Å²) < 4.78 is 0. The number of aryl methyl sites for hydroxylation is 1. The van der Waals surface area contributed by atoms with Crippen LogP contribution in [-0.2, 0) is 0 Å². The number of hydrogen-bond acceptors (Lipinski definition) is 4. The van der Waals surface area contributed by atoms with Crippen molar-refractivity contribution in [1.82, 2.24) is 9.97 Å². The molecule has 100 valence electrons. The molecule has 4 nitrogen and oxygen atoms in total. The molecule has 2 aromatic rings. The molecule has 0 fully saturated rings. The van der Waals surface area contributed by atoms with E-state index in [2.05, 4.69) is 20.6 Å². The lowest BCUT2D eigenvalue weighted by Crippen LogP contribution is -2.05. The van der Waals surface area contributed by atoms with E-state index in [-0.39, 0.29) is 0 Å². The van der Waals surface area contributed by atoms with Crippen molar-refractivity contribution >= 4 is 40.5 Å². The maximum atomic E-state index is 5.98. The van der Waals surface area contributed by atoms with Gasteiger partial charge in [0.2, 0.25) is 0 Å². The summed E-state index contributed by atoms with van der Waals surface area (Å²) in [6.07, 6.45) is 0. The molecule has 0 radical (unpaired) electrons. The number of rotatable bonds is 3. The van der Waals surface area contributed by atoms with Crippen LogP contribution in [-0.4, -0.2) is 17.0 Å². The Bertz CT molecular complexity index is 594. The molecule has 0 aliphatic rings. The van der Waals surface area contributed by atoms with Gasteiger partial charge in [-0.3, -0.25) is 0 Å². The Morgan fingerprint density at radius 1 is 0.947 bits per heavy atom. The summed E-state index contributed by atoms with van der Waals surface area (Å²) in [5.74, 6) is 2.21. The number of benzene rings is 1. The second-order valence-electron chi connectivity index (χ2n) is 4.13. The van der Waals surface area contributed by atoms with Gasteiger partial charge in [-0.25, -0.2) is 9.97 Å². The molecule has 2 rings (SSSR count). The lowest BCUT2D eigenvalue weighted by atomic mass is 10.2. The molecule has 0 amide bonds. The molecule has 1 aromatic carbocycles. The van der Waals surface area contributed by atoms with E-state index in [1.807, 2.05) is 20.9 Å². The van der Waals surface area contributed by atoms with Gasteiger partial charge in [0.15, 0.2) is 0 Å². The van der Waals surface area contributed by atoms with E-state index in [1.54, 1.807) is 18.2 Å². The lowest BCUT2D eigenvalue weighted by Gasteiger charge is -2.13. The van der Waals surface area contributed by atoms with Gasteiger partial charge in [0.25, 0.3) is 0 Å². The topological polar surface area (TPSA) is 49.8 Å². The number of nitrogens with one attached hydrogen (secondary N) is 2. The van der Waals surface area contributed by atoms with Crippen LogP contribution in [0.15, 0.2) is 18.2 Å². The first-order valence-corrected chi connectivity index (χ1v) is 6.51. The van der Waals surface area contributed by atoms with E-state index in [1.165, 1.54) is 0 Å². The SMILES string of the molecule is CNc1nc(C)nc(Nc2cc(Cl)cc(Cl)c2)c1C. The number of halogens is 2. The molecule has 6 heteroatoms. The summed E-state index contributed by atoms with van der Waals surface area (Å²) in [5, 5.41) is 7.40. The van der Waals surface area contributed by atoms with Crippen LogP contribution in [0.3, 0.4) is 0 Å². The average Bonchev–Trinajstić information content (AvgIpc) is 2.32. The standard InChI is InChI=1S/C13H14Cl2N4/c1-7-12(16-3)17-8(2)18-13(7)19-11-5-9(14)4-10(15)6-11/h4-6H,1-3H3,(H2,16,17,18,19). The van der Waals surface area contributed by atoms with Gasteiger partial charge in [-0.05, 0) is 32.0 Å². The molecule has 0 saturated heterocycles. The van der Waals surface area contributed by atoms with E-state index in [0.29, 0.717) is 15.9 Å². The fraction of sp³-hybridized carbons (Fsp3) is 0.231. The molecule has 1 aromatic heterocycles. The van der Waals surface area contributed by atoms with Crippen molar-refractivity contribution in [3.05, 3.63) is 39.6 Å². The second-order valence-corrected chi connectivity index (χ2v) is 5.00. The Kier molecular flexibility index (Phi) is 4.12. The smallest absolute Gasteiger partial charge is 0.139 e. The van der Waals surface area contributed by atoms with Crippen molar-refractivity contribution in [2.24, 2.45) is 0 Å². The Morgan fingerprint density at radius 3 is 2.11 bits per heavy atom. The molecule has 0 bridgehead atoms. The number of anilines is 3. The largest absolute Gasteiger partial charge is 0.373 e. The summed E-state index contributed by atoms with van der Waals surface area (Å²) >= 11 is 12.0. The predicted molar refractivity (Wildman–Crippen MR) is 80.8 cm³/mol. The maximum Gasteiger partial charge on any atom is 0.139 e. The van der Waals surface area contributed by atoms with Gasteiger partial charge >= 0.3 is 0 Å². The fourth-order valence-electron chi connectivity index (χ4n) is 1.76. The van der Waals surface area contributed by atoms with Crippen LogP contribution in [0.1, 0.15) is 11.4 Å². The van der Waals surface area contributed by atoms with Crippen molar-refractivity contribution in [3.63, 3.8) is 0 Å². The molecule has 0 unspecified atom stereocenters. The van der Waals surface area contributed by atoms with Crippen LogP contribution in [0.25, 0.3) is 0 Å². The summed E-state index contributed by atoms with van der Waals surface area (Å²) in [5.41, 5.74) is 1.73. The number of hydrogen-bond donors (Lipinski definition) is 2. The van der Waals surface area contributed by atoms with Gasteiger partial charge in [-0.15, -0.1) is 0 Å². The van der Waals surface area contributed by atoms with Crippen molar-refractivity contribution < 1.29 is 0 Å². The fourth-order valence-corrected chi connectivity index (χ4v) is 2.28. The molecule has 0 spiro atoms. The van der Waals surface area contributed by atoms with Gasteiger partial charge in [0.05, 0.1) is 0 Å². The summed E-state index contributed by atoms with van der Waals surface area (Å²) in [6.45, 7) is 3.79. The summed E-state index contributed by atoms with van der Waals surface area (Å²) in [6, 6.07) is 5.28. The third-order valence-corrected chi connectivity index (χ3v) is 3.06. The highest BCUT2D eigenvalue weighted by Gasteiger charge is 2.09. The third-order valence-electron chi connectivity index (χ3n) is 2.62. The Hall–Kier alpha value is -1.52. The van der Waals surface area contributed by atoms with E-state index in [0.717, 1.165) is 22.9 Å². The molecular weight excluding hydrogens is 283 g/mol. The van der Waals surface area contributed by atoms with Crippen LogP contribution in [0.5, 0.6) is 0 Å². The second kappa shape index (κ2) is 5.63. The zero-order valence-electron chi connectivity index (χ0n) is 10.9. The minimum absolute atomic E-state index is 0.576. The molecule has 2 N–H and O–H groups in total. The zero-order chi connectivity index (χ0) is 14.0. The molecule has 0 atom stereocenters. The highest BCUT2D eigenvalue weighted by Crippen LogP contribution is 2.27. The summed E-state index contributed by atoms with van der Waals surface area (Å²) in [7, 11) is 1.83. The Balaban J connectivity index is 2.40. The normalized spacial score (nSPS) is 10.4. The van der Waals surface area contributed by atoms with E-state index in [4.69, 9.17) is 23.2 Å². The van der Waals surface area contributed by atoms with Crippen LogP contribution in [0, 0.1) is 13.8 Å². The highest BCUT2D eigenvalue weighted by molar-refractivity contribution is 6.35. The lowest BCUT2D eigenvalue weighted by molar-refractivity contribution is 1.04. The van der Waals surface area contributed by atoms with Crippen molar-refractivity contribution in [3.8, 4) is 0 Å². The van der Waals surface area contributed by atoms with Gasteiger partial charge in [-0.1, -0.05) is 23.2 Å². The first-order valence-electron chi connectivity index (χ1n) is 5.75. The van der Waals surface area contributed by atoms with E-state index >= 15 is 0 Å². The van der Waals surface area contributed by atoms with Gasteiger partial charge in [-0.2, -0.15) is 0 Å². The number of aromatic nitrogens is 2. The molecular formula is C13H14Cl2N4. The Morgan fingerprint density at radius 2 is 1.53 bits per heavy atom. The molecule has 0 aliphatic carbocycles. The van der Waals surface area contributed by atoms with Crippen molar-refractivity contribution in [1.29, 1.82) is 0 Å². The minimum Gasteiger partial charge on any atom is -0.373 e. The van der Waals surface area contributed by atoms with Crippen LogP contribution >= 0.6 is 23.2 Å².